The van der Waals surface area contributed by atoms with E-state index in [2.05, 4.69) is 26.0 Å². The van der Waals surface area contributed by atoms with E-state index in [0.717, 1.165) is 10.4 Å². The molecule has 4 aromatic heterocycles. The molecule has 0 saturated carbocycles. The number of amides is 2. The Labute approximate surface area is 192 Å². The first-order chi connectivity index (χ1) is 16.0. The van der Waals surface area contributed by atoms with Crippen molar-refractivity contribution in [3.05, 3.63) is 79.9 Å². The van der Waals surface area contributed by atoms with Crippen molar-refractivity contribution in [2.45, 2.75) is 6.54 Å². The van der Waals surface area contributed by atoms with Crippen molar-refractivity contribution in [3.8, 4) is 10.4 Å². The van der Waals surface area contributed by atoms with Gasteiger partial charge in [0.2, 0.25) is 0 Å². The van der Waals surface area contributed by atoms with E-state index in [1.165, 1.54) is 33.6 Å². The SMILES string of the molecule is O=C(Cn1cnc2scc(-c3cccs3)c2c1=O)NNC(=O)c1n[nH]c(=O)c2ccccc12. The molecule has 0 unspecified atom stereocenters. The van der Waals surface area contributed by atoms with Crippen molar-refractivity contribution in [1.29, 1.82) is 0 Å². The minimum atomic E-state index is -0.713. The maximum atomic E-state index is 13.0. The molecule has 0 atom stereocenters. The molecule has 0 radical (unpaired) electrons. The molecule has 33 heavy (non-hydrogen) atoms. The molecule has 12 heteroatoms. The van der Waals surface area contributed by atoms with Gasteiger partial charge in [-0.15, -0.1) is 22.7 Å². The highest BCUT2D eigenvalue weighted by molar-refractivity contribution is 7.18. The number of thiophene rings is 2. The largest absolute Gasteiger partial charge is 0.290 e. The van der Waals surface area contributed by atoms with Crippen LogP contribution in [0.25, 0.3) is 31.4 Å². The van der Waals surface area contributed by atoms with Gasteiger partial charge in [0.1, 0.15) is 11.4 Å². The standard InChI is InChI=1S/C21H14N6O4S2/c28-15(23-26-19(30)17-11-4-1-2-5-12(11)18(29)25-24-17)8-27-10-22-20-16(21(27)31)13(9-33-20)14-6-3-7-32-14/h1-7,9-10H,8H2,(H,23,28)(H,25,29)(H,26,30). The van der Waals surface area contributed by atoms with Crippen molar-refractivity contribution in [1.82, 2.24) is 30.6 Å². The number of rotatable bonds is 4. The molecule has 10 nitrogen and oxygen atoms in total. The molecule has 0 aliphatic rings. The summed E-state index contributed by atoms with van der Waals surface area (Å²) in [7, 11) is 0. The van der Waals surface area contributed by atoms with Crippen LogP contribution in [0.5, 0.6) is 0 Å². The van der Waals surface area contributed by atoms with Crippen LogP contribution in [0.3, 0.4) is 0 Å². The molecule has 5 rings (SSSR count). The number of nitrogens with zero attached hydrogens (tertiary/aromatic N) is 3. The molecular weight excluding hydrogens is 464 g/mol. The van der Waals surface area contributed by atoms with Crippen LogP contribution in [0.2, 0.25) is 0 Å². The number of hydrogen-bond donors (Lipinski definition) is 3. The second kappa shape index (κ2) is 8.41. The lowest BCUT2D eigenvalue weighted by Crippen LogP contribution is -2.44. The molecule has 5 aromatic rings. The topological polar surface area (TPSA) is 139 Å². The maximum Gasteiger partial charge on any atom is 0.290 e. The van der Waals surface area contributed by atoms with Gasteiger partial charge in [0.15, 0.2) is 5.69 Å². The molecule has 164 valence electrons. The third kappa shape index (κ3) is 3.81. The fourth-order valence-corrected chi connectivity index (χ4v) is 5.08. The number of aromatic amines is 1. The Morgan fingerprint density at radius 1 is 1.03 bits per heavy atom. The molecule has 0 aliphatic carbocycles. The summed E-state index contributed by atoms with van der Waals surface area (Å²) in [5, 5.41) is 10.9. The average molecular weight is 479 g/mol. The molecular formula is C21H14N6O4S2. The van der Waals surface area contributed by atoms with Gasteiger partial charge < -0.3 is 0 Å². The summed E-state index contributed by atoms with van der Waals surface area (Å²) in [6, 6.07) is 10.3. The molecule has 0 fully saturated rings. The number of hydrogen-bond acceptors (Lipinski definition) is 8. The number of carbonyl (C=O) groups is 2. The van der Waals surface area contributed by atoms with Gasteiger partial charge in [-0.05, 0) is 17.5 Å². The lowest BCUT2D eigenvalue weighted by Gasteiger charge is -2.09. The number of carbonyl (C=O) groups excluding carboxylic acids is 2. The Morgan fingerprint density at radius 3 is 2.64 bits per heavy atom. The number of hydrazine groups is 1. The van der Waals surface area contributed by atoms with Gasteiger partial charge in [-0.3, -0.25) is 34.6 Å². The average Bonchev–Trinajstić information content (AvgIpc) is 3.50. The summed E-state index contributed by atoms with van der Waals surface area (Å²) in [6.45, 7) is -0.346. The molecule has 0 saturated heterocycles. The van der Waals surface area contributed by atoms with Gasteiger partial charge in [0.05, 0.1) is 17.1 Å². The van der Waals surface area contributed by atoms with Crippen LogP contribution in [0.15, 0.2) is 63.1 Å². The normalized spacial score (nSPS) is 11.0. The summed E-state index contributed by atoms with van der Waals surface area (Å²) in [4.78, 5) is 55.6. The van der Waals surface area contributed by atoms with E-state index in [0.29, 0.717) is 21.0 Å². The van der Waals surface area contributed by atoms with Crippen LogP contribution in [0.1, 0.15) is 10.5 Å². The predicted molar refractivity (Wildman–Crippen MR) is 125 cm³/mol. The molecule has 0 spiro atoms. The lowest BCUT2D eigenvalue weighted by molar-refractivity contribution is -0.122. The predicted octanol–water partition coefficient (Wildman–Crippen LogP) is 1.88. The van der Waals surface area contributed by atoms with Crippen molar-refractivity contribution in [2.75, 3.05) is 0 Å². The molecule has 3 N–H and O–H groups in total. The zero-order valence-electron chi connectivity index (χ0n) is 16.7. The number of nitrogens with one attached hydrogen (secondary N) is 3. The molecule has 2 amide bonds. The summed E-state index contributed by atoms with van der Waals surface area (Å²) in [5.74, 6) is -1.34. The Kier molecular flexibility index (Phi) is 5.28. The lowest BCUT2D eigenvalue weighted by atomic mass is 10.1. The number of benzene rings is 1. The summed E-state index contributed by atoms with van der Waals surface area (Å²) >= 11 is 2.87. The first-order valence-electron chi connectivity index (χ1n) is 9.60. The fraction of sp³-hybridized carbons (Fsp3) is 0.0476. The quantitative estimate of drug-likeness (QED) is 0.337. The smallest absolute Gasteiger partial charge is 0.289 e. The monoisotopic (exact) mass is 478 g/mol. The van der Waals surface area contributed by atoms with Gasteiger partial charge in [-0.25, -0.2) is 10.1 Å². The van der Waals surface area contributed by atoms with E-state index >= 15 is 0 Å². The third-order valence-electron chi connectivity index (χ3n) is 4.89. The van der Waals surface area contributed by atoms with E-state index < -0.39 is 17.4 Å². The Hall–Kier alpha value is -4.16. The summed E-state index contributed by atoms with van der Waals surface area (Å²) in [6.07, 6.45) is 1.30. The summed E-state index contributed by atoms with van der Waals surface area (Å²) < 4.78 is 1.18. The van der Waals surface area contributed by atoms with Crippen molar-refractivity contribution < 1.29 is 9.59 Å². The van der Waals surface area contributed by atoms with Crippen molar-refractivity contribution in [2.24, 2.45) is 0 Å². The van der Waals surface area contributed by atoms with Crippen molar-refractivity contribution in [3.63, 3.8) is 0 Å². The summed E-state index contributed by atoms with van der Waals surface area (Å²) in [5.41, 5.74) is 4.48. The highest BCUT2D eigenvalue weighted by Gasteiger charge is 2.17. The van der Waals surface area contributed by atoms with Crippen molar-refractivity contribution >= 4 is 55.5 Å². The Bertz CT molecular complexity index is 1630. The zero-order chi connectivity index (χ0) is 22.9. The first-order valence-corrected chi connectivity index (χ1v) is 11.4. The minimum Gasteiger partial charge on any atom is -0.289 e. The number of aromatic nitrogens is 4. The van der Waals surface area contributed by atoms with Crippen LogP contribution in [0.4, 0.5) is 0 Å². The zero-order valence-corrected chi connectivity index (χ0v) is 18.3. The van der Waals surface area contributed by atoms with Crippen LogP contribution in [-0.2, 0) is 11.3 Å². The van der Waals surface area contributed by atoms with E-state index in [1.54, 1.807) is 24.3 Å². The molecule has 0 aliphatic heterocycles. The second-order valence-corrected chi connectivity index (χ2v) is 8.74. The Balaban J connectivity index is 1.34. The van der Waals surface area contributed by atoms with Gasteiger partial charge in [-0.1, -0.05) is 24.3 Å². The van der Waals surface area contributed by atoms with Gasteiger partial charge in [-0.2, -0.15) is 5.10 Å². The van der Waals surface area contributed by atoms with E-state index in [1.807, 2.05) is 22.9 Å². The van der Waals surface area contributed by atoms with Crippen LogP contribution >= 0.6 is 22.7 Å². The van der Waals surface area contributed by atoms with Gasteiger partial charge >= 0.3 is 0 Å². The van der Waals surface area contributed by atoms with Gasteiger partial charge in [0, 0.05) is 21.2 Å². The van der Waals surface area contributed by atoms with Crippen LogP contribution in [0, 0.1) is 0 Å². The van der Waals surface area contributed by atoms with Gasteiger partial charge in [0.25, 0.3) is 22.9 Å². The van der Waals surface area contributed by atoms with Crippen LogP contribution in [-0.4, -0.2) is 31.6 Å². The number of H-pyrrole nitrogens is 1. The number of fused-ring (bicyclic) bond motifs is 2. The van der Waals surface area contributed by atoms with Crippen LogP contribution < -0.4 is 22.0 Å². The fourth-order valence-electron chi connectivity index (χ4n) is 3.36. The highest BCUT2D eigenvalue weighted by Crippen LogP contribution is 2.33. The van der Waals surface area contributed by atoms with E-state index in [9.17, 15) is 19.2 Å². The minimum absolute atomic E-state index is 0.0513. The maximum absolute atomic E-state index is 13.0. The Morgan fingerprint density at radius 2 is 1.85 bits per heavy atom. The second-order valence-electron chi connectivity index (χ2n) is 6.93. The van der Waals surface area contributed by atoms with E-state index in [4.69, 9.17) is 0 Å². The highest BCUT2D eigenvalue weighted by atomic mass is 32.1. The molecule has 4 heterocycles. The first kappa shape index (κ1) is 20.7. The molecule has 1 aromatic carbocycles. The third-order valence-corrected chi connectivity index (χ3v) is 6.68. The van der Waals surface area contributed by atoms with E-state index in [-0.39, 0.29) is 17.8 Å². The molecule has 0 bridgehead atoms.